The van der Waals surface area contributed by atoms with Gasteiger partial charge in [0.25, 0.3) is 0 Å². The summed E-state index contributed by atoms with van der Waals surface area (Å²) in [6.07, 6.45) is 0.298. The van der Waals surface area contributed by atoms with Crippen LogP contribution in [0.3, 0.4) is 0 Å². The Kier molecular flexibility index (Phi) is 5.67. The zero-order valence-electron chi connectivity index (χ0n) is 13.3. The minimum Gasteiger partial charge on any atom is -0.493 e. The Bertz CT molecular complexity index is 635. The first kappa shape index (κ1) is 17.4. The molecule has 0 aliphatic rings. The Hall–Kier alpha value is -2.00. The number of carbonyl (C=O) groups is 1. The van der Waals surface area contributed by atoms with E-state index in [2.05, 4.69) is 26.0 Å². The van der Waals surface area contributed by atoms with E-state index in [1.165, 1.54) is 5.56 Å². The molecule has 0 spiro atoms. The van der Waals surface area contributed by atoms with Crippen LogP contribution in [0.1, 0.15) is 25.0 Å². The van der Waals surface area contributed by atoms with Gasteiger partial charge in [0.05, 0.1) is 6.61 Å². The number of hydrogen-bond acceptors (Lipinski definition) is 2. The van der Waals surface area contributed by atoms with Crippen LogP contribution in [0.15, 0.2) is 54.6 Å². The van der Waals surface area contributed by atoms with Gasteiger partial charge in [-0.3, -0.25) is 4.79 Å². The number of rotatable bonds is 7. The number of halogens is 1. The summed E-state index contributed by atoms with van der Waals surface area (Å²) in [7, 11) is 0. The van der Waals surface area contributed by atoms with Gasteiger partial charge in [-0.05, 0) is 29.7 Å². The summed E-state index contributed by atoms with van der Waals surface area (Å²) in [5.41, 5.74) is 2.01. The van der Waals surface area contributed by atoms with E-state index in [1.54, 1.807) is 0 Å². The van der Waals surface area contributed by atoms with Gasteiger partial charge in [-0.1, -0.05) is 56.3 Å². The second-order valence-corrected chi connectivity index (χ2v) is 6.72. The van der Waals surface area contributed by atoms with Crippen LogP contribution >= 0.6 is 11.6 Å². The molecule has 0 aromatic heterocycles. The molecule has 0 bridgehead atoms. The predicted molar refractivity (Wildman–Crippen MR) is 92.4 cm³/mol. The molecule has 0 radical (unpaired) electrons. The molecule has 0 amide bonds. The predicted octanol–water partition coefficient (Wildman–Crippen LogP) is 4.28. The van der Waals surface area contributed by atoms with Gasteiger partial charge >= 0.3 is 5.97 Å². The van der Waals surface area contributed by atoms with Gasteiger partial charge in [-0.15, -0.1) is 11.6 Å². The summed E-state index contributed by atoms with van der Waals surface area (Å²) in [5, 5.41) is 7.92. The topological polar surface area (TPSA) is 46.5 Å². The molecule has 2 aromatic carbocycles. The Labute approximate surface area is 141 Å². The SMILES string of the molecule is CC(C)(COc1ccc(CC(Cl)C(=O)O)cc1)c1ccccc1. The molecule has 0 aliphatic heterocycles. The number of ether oxygens (including phenoxy) is 1. The van der Waals surface area contributed by atoms with E-state index >= 15 is 0 Å². The highest BCUT2D eigenvalue weighted by molar-refractivity contribution is 6.29. The zero-order chi connectivity index (χ0) is 16.9. The van der Waals surface area contributed by atoms with E-state index in [9.17, 15) is 4.79 Å². The first-order chi connectivity index (χ1) is 10.9. The van der Waals surface area contributed by atoms with Crippen molar-refractivity contribution in [3.8, 4) is 5.75 Å². The molecule has 1 unspecified atom stereocenters. The van der Waals surface area contributed by atoms with Crippen molar-refractivity contribution < 1.29 is 14.6 Å². The van der Waals surface area contributed by atoms with Crippen LogP contribution in [0.4, 0.5) is 0 Å². The normalized spacial score (nSPS) is 12.7. The Balaban J connectivity index is 1.95. The maximum atomic E-state index is 10.8. The number of carboxylic acids is 1. The molecule has 23 heavy (non-hydrogen) atoms. The van der Waals surface area contributed by atoms with E-state index in [-0.39, 0.29) is 5.41 Å². The van der Waals surface area contributed by atoms with Gasteiger partial charge in [0.15, 0.2) is 0 Å². The average molecular weight is 333 g/mol. The van der Waals surface area contributed by atoms with E-state index < -0.39 is 11.3 Å². The fourth-order valence-corrected chi connectivity index (χ4v) is 2.43. The van der Waals surface area contributed by atoms with Crippen molar-refractivity contribution >= 4 is 17.6 Å². The van der Waals surface area contributed by atoms with Crippen LogP contribution in [0.2, 0.25) is 0 Å². The largest absolute Gasteiger partial charge is 0.493 e. The summed E-state index contributed by atoms with van der Waals surface area (Å²) in [4.78, 5) is 10.8. The second-order valence-electron chi connectivity index (χ2n) is 6.19. The number of alkyl halides is 1. The summed E-state index contributed by atoms with van der Waals surface area (Å²) in [6, 6.07) is 17.6. The Morgan fingerprint density at radius 1 is 1.13 bits per heavy atom. The summed E-state index contributed by atoms with van der Waals surface area (Å²) < 4.78 is 5.88. The number of hydrogen-bond donors (Lipinski definition) is 1. The maximum Gasteiger partial charge on any atom is 0.321 e. The van der Waals surface area contributed by atoms with Gasteiger partial charge in [-0.2, -0.15) is 0 Å². The van der Waals surface area contributed by atoms with Crippen molar-refractivity contribution in [3.63, 3.8) is 0 Å². The van der Waals surface area contributed by atoms with Gasteiger partial charge in [0.1, 0.15) is 11.1 Å². The van der Waals surface area contributed by atoms with E-state index in [0.29, 0.717) is 13.0 Å². The third-order valence-corrected chi connectivity index (χ3v) is 4.10. The van der Waals surface area contributed by atoms with Crippen molar-refractivity contribution in [2.75, 3.05) is 6.61 Å². The molecule has 3 nitrogen and oxygen atoms in total. The first-order valence-corrected chi connectivity index (χ1v) is 7.96. The fourth-order valence-electron chi connectivity index (χ4n) is 2.25. The fraction of sp³-hybridized carbons (Fsp3) is 0.316. The monoisotopic (exact) mass is 332 g/mol. The third-order valence-electron chi connectivity index (χ3n) is 3.76. The summed E-state index contributed by atoms with van der Waals surface area (Å²) >= 11 is 5.75. The van der Waals surface area contributed by atoms with E-state index in [0.717, 1.165) is 11.3 Å². The summed E-state index contributed by atoms with van der Waals surface area (Å²) in [6.45, 7) is 4.84. The molecule has 122 valence electrons. The van der Waals surface area contributed by atoms with Crippen LogP contribution < -0.4 is 4.74 Å². The van der Waals surface area contributed by atoms with E-state index in [4.69, 9.17) is 21.4 Å². The van der Waals surface area contributed by atoms with Crippen LogP contribution in [-0.4, -0.2) is 23.1 Å². The van der Waals surface area contributed by atoms with Crippen molar-refractivity contribution in [1.29, 1.82) is 0 Å². The van der Waals surface area contributed by atoms with Crippen LogP contribution in [-0.2, 0) is 16.6 Å². The molecule has 2 aromatic rings. The highest BCUT2D eigenvalue weighted by atomic mass is 35.5. The van der Waals surface area contributed by atoms with Gasteiger partial charge in [0, 0.05) is 5.41 Å². The number of carboxylic acid groups (broad SMARTS) is 1. The average Bonchev–Trinajstić information content (AvgIpc) is 2.55. The molecule has 0 saturated heterocycles. The Morgan fingerprint density at radius 3 is 2.30 bits per heavy atom. The van der Waals surface area contributed by atoms with Gasteiger partial charge in [0.2, 0.25) is 0 Å². The third kappa shape index (κ3) is 5.00. The zero-order valence-corrected chi connectivity index (χ0v) is 14.1. The minimum absolute atomic E-state index is 0.0928. The molecule has 4 heteroatoms. The molecule has 0 saturated carbocycles. The van der Waals surface area contributed by atoms with Crippen LogP contribution in [0.5, 0.6) is 5.75 Å². The van der Waals surface area contributed by atoms with Crippen LogP contribution in [0.25, 0.3) is 0 Å². The standard InChI is InChI=1S/C19H21ClO3/c1-19(2,15-6-4-3-5-7-15)13-23-16-10-8-14(9-11-16)12-17(20)18(21)22/h3-11,17H,12-13H2,1-2H3,(H,21,22). The highest BCUT2D eigenvalue weighted by Crippen LogP contribution is 2.24. The quantitative estimate of drug-likeness (QED) is 0.770. The van der Waals surface area contributed by atoms with E-state index in [1.807, 2.05) is 42.5 Å². The minimum atomic E-state index is -1.00. The van der Waals surface area contributed by atoms with Gasteiger partial charge < -0.3 is 9.84 Å². The molecular formula is C19H21ClO3. The van der Waals surface area contributed by atoms with Gasteiger partial charge in [-0.25, -0.2) is 0 Å². The first-order valence-electron chi connectivity index (χ1n) is 7.52. The lowest BCUT2D eigenvalue weighted by Crippen LogP contribution is -2.26. The Morgan fingerprint density at radius 2 is 1.74 bits per heavy atom. The molecule has 0 heterocycles. The molecule has 1 atom stereocenters. The van der Waals surface area contributed by atoms with Crippen molar-refractivity contribution in [3.05, 3.63) is 65.7 Å². The molecule has 0 fully saturated rings. The van der Waals surface area contributed by atoms with Crippen molar-refractivity contribution in [1.82, 2.24) is 0 Å². The highest BCUT2D eigenvalue weighted by Gasteiger charge is 2.21. The molecular weight excluding hydrogens is 312 g/mol. The second kappa shape index (κ2) is 7.51. The van der Waals surface area contributed by atoms with Crippen molar-refractivity contribution in [2.45, 2.75) is 31.1 Å². The van der Waals surface area contributed by atoms with Crippen LogP contribution in [0, 0.1) is 0 Å². The smallest absolute Gasteiger partial charge is 0.321 e. The maximum absolute atomic E-state index is 10.8. The number of aliphatic carboxylic acids is 1. The lowest BCUT2D eigenvalue weighted by molar-refractivity contribution is -0.136. The summed E-state index contributed by atoms with van der Waals surface area (Å²) in [5.74, 6) is -0.240. The molecule has 1 N–H and O–H groups in total. The van der Waals surface area contributed by atoms with Crippen molar-refractivity contribution in [2.24, 2.45) is 0 Å². The lowest BCUT2D eigenvalue weighted by Gasteiger charge is -2.25. The molecule has 2 rings (SSSR count). The molecule has 0 aliphatic carbocycles. The number of benzene rings is 2. The lowest BCUT2D eigenvalue weighted by atomic mass is 9.86.